The first kappa shape index (κ1) is 21.2. The van der Waals surface area contributed by atoms with Crippen LogP contribution in [0.25, 0.3) is 0 Å². The van der Waals surface area contributed by atoms with Gasteiger partial charge in [0.25, 0.3) is 0 Å². The van der Waals surface area contributed by atoms with E-state index in [1.54, 1.807) is 27.4 Å². The lowest BCUT2D eigenvalue weighted by molar-refractivity contribution is -0.141. The van der Waals surface area contributed by atoms with Crippen LogP contribution in [0.3, 0.4) is 0 Å². The quantitative estimate of drug-likeness (QED) is 0.715. The van der Waals surface area contributed by atoms with Crippen molar-refractivity contribution in [1.82, 2.24) is 5.01 Å². The summed E-state index contributed by atoms with van der Waals surface area (Å²) >= 11 is 0. The van der Waals surface area contributed by atoms with Crippen LogP contribution >= 0.6 is 0 Å². The molecule has 3 rings (SSSR count). The molecule has 0 fully saturated rings. The van der Waals surface area contributed by atoms with Crippen molar-refractivity contribution >= 4 is 17.6 Å². The summed E-state index contributed by atoms with van der Waals surface area (Å²) in [5.74, 6) is 0.407. The van der Waals surface area contributed by atoms with Crippen molar-refractivity contribution in [2.75, 3.05) is 21.3 Å². The van der Waals surface area contributed by atoms with Crippen LogP contribution in [-0.2, 0) is 9.59 Å². The predicted octanol–water partition coefficient (Wildman–Crippen LogP) is 3.25. The van der Waals surface area contributed by atoms with Gasteiger partial charge < -0.3 is 19.3 Å². The summed E-state index contributed by atoms with van der Waals surface area (Å²) in [5.41, 5.74) is 2.29. The van der Waals surface area contributed by atoms with E-state index in [2.05, 4.69) is 5.10 Å². The van der Waals surface area contributed by atoms with Crippen LogP contribution < -0.4 is 14.2 Å². The van der Waals surface area contributed by atoms with Crippen LogP contribution in [-0.4, -0.2) is 49.0 Å². The Balaban J connectivity index is 1.98. The summed E-state index contributed by atoms with van der Waals surface area (Å²) < 4.78 is 16.1. The minimum absolute atomic E-state index is 0.135. The van der Waals surface area contributed by atoms with Gasteiger partial charge in [-0.25, -0.2) is 5.01 Å². The van der Waals surface area contributed by atoms with Gasteiger partial charge in [-0.15, -0.1) is 0 Å². The fourth-order valence-corrected chi connectivity index (χ4v) is 3.44. The van der Waals surface area contributed by atoms with Gasteiger partial charge in [0.05, 0.1) is 39.5 Å². The molecule has 0 bridgehead atoms. The van der Waals surface area contributed by atoms with E-state index in [1.165, 1.54) is 5.01 Å². The summed E-state index contributed by atoms with van der Waals surface area (Å²) in [7, 11) is 4.68. The van der Waals surface area contributed by atoms with E-state index in [0.717, 1.165) is 11.1 Å². The second-order valence-corrected chi connectivity index (χ2v) is 6.71. The van der Waals surface area contributed by atoms with Gasteiger partial charge in [-0.3, -0.25) is 9.59 Å². The first-order chi connectivity index (χ1) is 14.5. The number of methoxy groups -OCH3 is 3. The fourth-order valence-electron chi connectivity index (χ4n) is 3.44. The smallest absolute Gasteiger partial charge is 0.303 e. The second kappa shape index (κ2) is 9.30. The zero-order chi connectivity index (χ0) is 21.7. The highest BCUT2D eigenvalue weighted by Gasteiger charge is 2.34. The summed E-state index contributed by atoms with van der Waals surface area (Å²) in [5, 5.41) is 14.9. The maximum Gasteiger partial charge on any atom is 0.303 e. The normalized spacial score (nSPS) is 15.5. The van der Waals surface area contributed by atoms with Crippen LogP contribution in [0.1, 0.15) is 36.4 Å². The van der Waals surface area contributed by atoms with E-state index in [-0.39, 0.29) is 18.7 Å². The Kier molecular flexibility index (Phi) is 6.56. The third kappa shape index (κ3) is 4.37. The zero-order valence-corrected chi connectivity index (χ0v) is 17.1. The van der Waals surface area contributed by atoms with Crippen molar-refractivity contribution in [1.29, 1.82) is 0 Å². The number of amides is 1. The average molecular weight is 412 g/mol. The zero-order valence-electron chi connectivity index (χ0n) is 17.1. The molecule has 2 aromatic rings. The molecule has 0 radical (unpaired) electrons. The minimum atomic E-state index is -1.03. The maximum absolute atomic E-state index is 12.8. The molecule has 0 aromatic heterocycles. The third-order valence-corrected chi connectivity index (χ3v) is 4.93. The van der Waals surface area contributed by atoms with Crippen LogP contribution in [0.15, 0.2) is 47.6 Å². The van der Waals surface area contributed by atoms with E-state index in [0.29, 0.717) is 29.4 Å². The number of aliphatic carboxylic acids is 1. The first-order valence-electron chi connectivity index (χ1n) is 9.45. The van der Waals surface area contributed by atoms with Crippen molar-refractivity contribution in [2.24, 2.45) is 5.10 Å². The van der Waals surface area contributed by atoms with E-state index >= 15 is 0 Å². The molecule has 0 spiro atoms. The number of hydrogen-bond acceptors (Lipinski definition) is 6. The first-order valence-corrected chi connectivity index (χ1v) is 9.45. The number of rotatable bonds is 8. The van der Waals surface area contributed by atoms with Crippen LogP contribution in [0.4, 0.5) is 0 Å². The molecule has 0 saturated carbocycles. The number of benzene rings is 2. The molecule has 30 heavy (non-hydrogen) atoms. The molecule has 1 aliphatic rings. The van der Waals surface area contributed by atoms with Gasteiger partial charge in [0.15, 0.2) is 11.5 Å². The van der Waals surface area contributed by atoms with E-state index < -0.39 is 12.0 Å². The summed E-state index contributed by atoms with van der Waals surface area (Å²) in [6.45, 7) is 0. The maximum atomic E-state index is 12.8. The number of hydrazone groups is 1. The molecule has 1 N–H and O–H groups in total. The van der Waals surface area contributed by atoms with Crippen molar-refractivity contribution in [2.45, 2.75) is 25.3 Å². The fraction of sp³-hybridized carbons (Fsp3) is 0.318. The third-order valence-electron chi connectivity index (χ3n) is 4.93. The molecule has 8 nitrogen and oxygen atoms in total. The van der Waals surface area contributed by atoms with Gasteiger partial charge in [-0.05, 0) is 24.3 Å². The van der Waals surface area contributed by atoms with Crippen molar-refractivity contribution < 1.29 is 28.9 Å². The number of carboxylic acid groups (broad SMARTS) is 1. The lowest BCUT2D eigenvalue weighted by Crippen LogP contribution is -2.27. The van der Waals surface area contributed by atoms with E-state index in [9.17, 15) is 9.59 Å². The highest BCUT2D eigenvalue weighted by molar-refractivity contribution is 6.03. The molecule has 0 aliphatic carbocycles. The Bertz CT molecular complexity index is 972. The molecule has 1 amide bonds. The number of carbonyl (C=O) groups is 2. The number of hydrogen-bond donors (Lipinski definition) is 1. The van der Waals surface area contributed by atoms with Gasteiger partial charge in [-0.1, -0.05) is 18.2 Å². The Morgan fingerprint density at radius 1 is 1.00 bits per heavy atom. The van der Waals surface area contributed by atoms with Gasteiger partial charge in [0.1, 0.15) is 5.75 Å². The summed E-state index contributed by atoms with van der Waals surface area (Å²) in [4.78, 5) is 23.7. The lowest BCUT2D eigenvalue weighted by Gasteiger charge is -2.23. The Morgan fingerprint density at radius 2 is 1.70 bits per heavy atom. The Morgan fingerprint density at radius 3 is 2.37 bits per heavy atom. The van der Waals surface area contributed by atoms with Crippen LogP contribution in [0.5, 0.6) is 17.2 Å². The number of nitrogens with zero attached hydrogens (tertiary/aromatic N) is 2. The van der Waals surface area contributed by atoms with Gasteiger partial charge >= 0.3 is 5.97 Å². The molecule has 0 saturated heterocycles. The number of carboxylic acids is 1. The van der Waals surface area contributed by atoms with Crippen molar-refractivity contribution in [3.05, 3.63) is 53.6 Å². The van der Waals surface area contributed by atoms with Crippen molar-refractivity contribution in [3.63, 3.8) is 0 Å². The number of carbonyl (C=O) groups excluding carboxylic acids is 1. The van der Waals surface area contributed by atoms with Crippen LogP contribution in [0.2, 0.25) is 0 Å². The van der Waals surface area contributed by atoms with E-state index in [4.69, 9.17) is 19.3 Å². The molecule has 2 aromatic carbocycles. The molecular formula is C22H24N2O6. The SMILES string of the molecule is COc1ccc(C2=NN(C(=O)CCC(=O)O)C(c3ccccc3OC)C2)cc1OC. The molecule has 1 unspecified atom stereocenters. The van der Waals surface area contributed by atoms with Gasteiger partial charge in [-0.2, -0.15) is 5.10 Å². The Labute approximate surface area is 174 Å². The van der Waals surface area contributed by atoms with Crippen molar-refractivity contribution in [3.8, 4) is 17.2 Å². The molecule has 8 heteroatoms. The summed E-state index contributed by atoms with van der Waals surface area (Å²) in [6.07, 6.45) is 0.0630. The topological polar surface area (TPSA) is 97.7 Å². The minimum Gasteiger partial charge on any atom is -0.496 e. The van der Waals surface area contributed by atoms with Gasteiger partial charge in [0.2, 0.25) is 5.91 Å². The highest BCUT2D eigenvalue weighted by Crippen LogP contribution is 2.39. The lowest BCUT2D eigenvalue weighted by atomic mass is 9.97. The molecule has 1 heterocycles. The number of para-hydroxylation sites is 1. The summed E-state index contributed by atoms with van der Waals surface area (Å²) in [6, 6.07) is 12.5. The highest BCUT2D eigenvalue weighted by atomic mass is 16.5. The molecule has 1 aliphatic heterocycles. The molecular weight excluding hydrogens is 388 g/mol. The molecule has 158 valence electrons. The second-order valence-electron chi connectivity index (χ2n) is 6.71. The standard InChI is InChI=1S/C22H24N2O6/c1-28-18-7-5-4-6-15(18)17-13-16(23-24(17)21(25)10-11-22(26)27)14-8-9-19(29-2)20(12-14)30-3/h4-9,12,17H,10-11,13H2,1-3H3,(H,26,27). The monoisotopic (exact) mass is 412 g/mol. The average Bonchev–Trinajstić information content (AvgIpc) is 3.22. The van der Waals surface area contributed by atoms with Gasteiger partial charge in [0, 0.05) is 24.0 Å². The largest absolute Gasteiger partial charge is 0.496 e. The van der Waals surface area contributed by atoms with E-state index in [1.807, 2.05) is 36.4 Å². The predicted molar refractivity (Wildman–Crippen MR) is 110 cm³/mol. The Hall–Kier alpha value is -3.55. The van der Waals surface area contributed by atoms with Crippen LogP contribution in [0, 0.1) is 0 Å². The number of ether oxygens (including phenoxy) is 3. The molecule has 1 atom stereocenters.